The van der Waals surface area contributed by atoms with Gasteiger partial charge in [0.25, 0.3) is 5.91 Å². The number of imidazole rings is 2. The van der Waals surface area contributed by atoms with Gasteiger partial charge in [-0.1, -0.05) is 48.2 Å². The predicted molar refractivity (Wildman–Crippen MR) is 116 cm³/mol. The monoisotopic (exact) mass is 399 g/mol. The molecular weight excluding hydrogens is 382 g/mol. The number of benzene rings is 3. The highest BCUT2D eigenvalue weighted by molar-refractivity contribution is 7.98. The maximum atomic E-state index is 12.6. The molecule has 29 heavy (non-hydrogen) atoms. The van der Waals surface area contributed by atoms with Crippen molar-refractivity contribution in [2.24, 2.45) is 0 Å². The lowest BCUT2D eigenvalue weighted by Gasteiger charge is -2.07. The van der Waals surface area contributed by atoms with Crippen molar-refractivity contribution in [2.45, 2.75) is 10.9 Å². The molecule has 2 heterocycles. The lowest BCUT2D eigenvalue weighted by atomic mass is 10.1. The minimum absolute atomic E-state index is 0.176. The molecule has 1 amide bonds. The Labute approximate surface area is 171 Å². The largest absolute Gasteiger partial charge is 0.333 e. The third-order valence-corrected chi connectivity index (χ3v) is 5.58. The van der Waals surface area contributed by atoms with Crippen molar-refractivity contribution in [2.75, 3.05) is 5.43 Å². The van der Waals surface area contributed by atoms with Gasteiger partial charge in [0.2, 0.25) is 0 Å². The van der Waals surface area contributed by atoms with Gasteiger partial charge in [0.1, 0.15) is 6.33 Å². The molecule has 5 rings (SSSR count). The molecule has 0 aliphatic heterocycles. The Kier molecular flexibility index (Phi) is 4.50. The minimum atomic E-state index is -0.176. The van der Waals surface area contributed by atoms with E-state index in [0.29, 0.717) is 5.56 Å². The van der Waals surface area contributed by atoms with Gasteiger partial charge in [-0.15, -0.1) is 0 Å². The lowest BCUT2D eigenvalue weighted by molar-refractivity contribution is 0.101. The van der Waals surface area contributed by atoms with E-state index in [1.807, 2.05) is 72.8 Å². The summed E-state index contributed by atoms with van der Waals surface area (Å²) in [5.74, 6) is 0.595. The van der Waals surface area contributed by atoms with Crippen LogP contribution in [0.2, 0.25) is 0 Å². The van der Waals surface area contributed by atoms with Crippen molar-refractivity contribution in [3.05, 3.63) is 90.3 Å². The summed E-state index contributed by atoms with van der Waals surface area (Å²) >= 11 is 1.64. The smallest absolute Gasteiger partial charge is 0.270 e. The fourth-order valence-corrected chi connectivity index (χ4v) is 3.96. The van der Waals surface area contributed by atoms with Gasteiger partial charge in [-0.25, -0.2) is 14.6 Å². The summed E-state index contributed by atoms with van der Waals surface area (Å²) in [6.07, 6.45) is 1.61. The summed E-state index contributed by atoms with van der Waals surface area (Å²) in [5.41, 5.74) is 8.29. The van der Waals surface area contributed by atoms with Crippen LogP contribution in [0.15, 0.2) is 84.3 Å². The molecule has 0 atom stereocenters. The zero-order chi connectivity index (χ0) is 19.6. The first-order valence-electron chi connectivity index (χ1n) is 9.16. The summed E-state index contributed by atoms with van der Waals surface area (Å²) in [6, 6.07) is 23.3. The number of aromatic nitrogens is 4. The number of aromatic amines is 1. The van der Waals surface area contributed by atoms with Crippen molar-refractivity contribution < 1.29 is 4.79 Å². The Morgan fingerprint density at radius 3 is 2.55 bits per heavy atom. The molecule has 0 aliphatic rings. The molecule has 0 radical (unpaired) electrons. The Morgan fingerprint density at radius 1 is 0.966 bits per heavy atom. The number of nitrogens with one attached hydrogen (secondary N) is 2. The average molecular weight is 399 g/mol. The van der Waals surface area contributed by atoms with Crippen LogP contribution < -0.4 is 5.43 Å². The molecule has 2 aromatic heterocycles. The van der Waals surface area contributed by atoms with E-state index in [2.05, 4.69) is 20.4 Å². The molecule has 0 unspecified atom stereocenters. The number of carbonyl (C=O) groups is 1. The quantitative estimate of drug-likeness (QED) is 0.424. The van der Waals surface area contributed by atoms with E-state index in [9.17, 15) is 4.79 Å². The molecular formula is C22H17N5OS. The van der Waals surface area contributed by atoms with Crippen LogP contribution in [0.1, 0.15) is 15.9 Å². The highest BCUT2D eigenvalue weighted by Crippen LogP contribution is 2.23. The summed E-state index contributed by atoms with van der Waals surface area (Å²) in [4.78, 5) is 24.7. The number of fused-ring (bicyclic) bond motifs is 2. The highest BCUT2D eigenvalue weighted by Gasteiger charge is 2.09. The zero-order valence-electron chi connectivity index (χ0n) is 15.4. The highest BCUT2D eigenvalue weighted by atomic mass is 32.2. The van der Waals surface area contributed by atoms with Crippen LogP contribution in [-0.4, -0.2) is 25.5 Å². The number of amides is 1. The molecule has 3 aromatic carbocycles. The number of hydrogen-bond acceptors (Lipinski definition) is 4. The van der Waals surface area contributed by atoms with Crippen LogP contribution in [0.4, 0.5) is 0 Å². The average Bonchev–Trinajstić information content (AvgIpc) is 3.36. The Morgan fingerprint density at radius 2 is 1.72 bits per heavy atom. The third-order valence-electron chi connectivity index (χ3n) is 4.63. The van der Waals surface area contributed by atoms with Gasteiger partial charge in [0, 0.05) is 11.3 Å². The molecule has 0 aliphatic carbocycles. The summed E-state index contributed by atoms with van der Waals surface area (Å²) in [6.45, 7) is 0. The van der Waals surface area contributed by atoms with E-state index in [1.165, 1.54) is 0 Å². The van der Waals surface area contributed by atoms with Crippen LogP contribution in [0.5, 0.6) is 0 Å². The van der Waals surface area contributed by atoms with Crippen molar-refractivity contribution in [1.82, 2.24) is 19.6 Å². The van der Waals surface area contributed by atoms with E-state index in [4.69, 9.17) is 0 Å². The van der Waals surface area contributed by atoms with E-state index in [0.717, 1.165) is 38.5 Å². The topological polar surface area (TPSA) is 75.6 Å². The molecule has 7 heteroatoms. The second-order valence-electron chi connectivity index (χ2n) is 6.59. The first-order valence-corrected chi connectivity index (χ1v) is 10.1. The van der Waals surface area contributed by atoms with Gasteiger partial charge >= 0.3 is 0 Å². The predicted octanol–water partition coefficient (Wildman–Crippen LogP) is 4.59. The number of para-hydroxylation sites is 4. The number of carbonyl (C=O) groups excluding carboxylic acids is 1. The van der Waals surface area contributed by atoms with Crippen LogP contribution >= 0.6 is 11.8 Å². The molecule has 0 saturated heterocycles. The lowest BCUT2D eigenvalue weighted by Crippen LogP contribution is -2.21. The van der Waals surface area contributed by atoms with Crippen LogP contribution in [-0.2, 0) is 5.75 Å². The first-order chi connectivity index (χ1) is 14.3. The summed E-state index contributed by atoms with van der Waals surface area (Å²) in [7, 11) is 0. The number of nitrogens with zero attached hydrogens (tertiary/aromatic N) is 3. The fraction of sp³-hybridized carbons (Fsp3) is 0.0455. The van der Waals surface area contributed by atoms with Crippen LogP contribution in [0, 0.1) is 0 Å². The van der Waals surface area contributed by atoms with Crippen molar-refractivity contribution in [1.29, 1.82) is 0 Å². The fourth-order valence-electron chi connectivity index (χ4n) is 3.12. The van der Waals surface area contributed by atoms with Crippen molar-refractivity contribution in [3.8, 4) is 0 Å². The minimum Gasteiger partial charge on any atom is -0.333 e. The number of thioether (sulfide) groups is 1. The molecule has 0 bridgehead atoms. The molecule has 142 valence electrons. The standard InChI is InChI=1S/C22H17N5OS/c28-21(26-27-14-23-19-7-3-4-8-20(19)27)16-11-9-15(10-12-16)13-29-22-24-17-5-1-2-6-18(17)25-22/h1-12,14H,13H2,(H,24,25)(H,26,28). The van der Waals surface area contributed by atoms with E-state index >= 15 is 0 Å². The molecule has 0 fully saturated rings. The summed E-state index contributed by atoms with van der Waals surface area (Å²) in [5, 5.41) is 0.889. The van der Waals surface area contributed by atoms with E-state index in [-0.39, 0.29) is 5.91 Å². The van der Waals surface area contributed by atoms with E-state index in [1.54, 1.807) is 22.8 Å². The Balaban J connectivity index is 1.25. The Bertz CT molecular complexity index is 1270. The second kappa shape index (κ2) is 7.44. The van der Waals surface area contributed by atoms with Gasteiger partial charge in [-0.2, -0.15) is 0 Å². The Hall–Kier alpha value is -3.58. The first kappa shape index (κ1) is 17.5. The normalized spacial score (nSPS) is 11.2. The molecule has 6 nitrogen and oxygen atoms in total. The number of rotatable bonds is 5. The molecule has 0 spiro atoms. The maximum absolute atomic E-state index is 12.6. The SMILES string of the molecule is O=C(Nn1cnc2ccccc21)c1ccc(CSc2nc3ccccc3[nH]2)cc1. The number of H-pyrrole nitrogens is 1. The molecule has 5 aromatic rings. The van der Waals surface area contributed by atoms with Gasteiger partial charge in [0.05, 0.1) is 22.1 Å². The second-order valence-corrected chi connectivity index (χ2v) is 7.55. The molecule has 0 saturated carbocycles. The van der Waals surface area contributed by atoms with Crippen molar-refractivity contribution >= 4 is 39.7 Å². The molecule has 2 N–H and O–H groups in total. The third kappa shape index (κ3) is 3.60. The number of hydrogen-bond donors (Lipinski definition) is 2. The summed E-state index contributed by atoms with van der Waals surface area (Å²) < 4.78 is 1.64. The van der Waals surface area contributed by atoms with Gasteiger partial charge in [-0.05, 0) is 42.0 Å². The maximum Gasteiger partial charge on any atom is 0.270 e. The van der Waals surface area contributed by atoms with Gasteiger partial charge in [0.15, 0.2) is 5.16 Å². The van der Waals surface area contributed by atoms with E-state index < -0.39 is 0 Å². The van der Waals surface area contributed by atoms with Gasteiger partial charge in [-0.3, -0.25) is 10.2 Å². The van der Waals surface area contributed by atoms with Gasteiger partial charge < -0.3 is 4.98 Å². The van der Waals surface area contributed by atoms with Crippen LogP contribution in [0.25, 0.3) is 22.1 Å². The zero-order valence-corrected chi connectivity index (χ0v) is 16.2. The van der Waals surface area contributed by atoms with Crippen molar-refractivity contribution in [3.63, 3.8) is 0 Å². The van der Waals surface area contributed by atoms with Crippen LogP contribution in [0.3, 0.4) is 0 Å².